The van der Waals surface area contributed by atoms with Crippen LogP contribution in [0.3, 0.4) is 0 Å². The van der Waals surface area contributed by atoms with Crippen LogP contribution in [-0.2, 0) is 4.74 Å². The average molecular weight is 239 g/mol. The molecule has 0 aromatic carbocycles. The highest BCUT2D eigenvalue weighted by Gasteiger charge is 2.30. The van der Waals surface area contributed by atoms with Crippen molar-refractivity contribution < 1.29 is 4.74 Å². The van der Waals surface area contributed by atoms with Crippen molar-refractivity contribution in [3.8, 4) is 0 Å². The molecule has 0 aromatic heterocycles. The molecule has 1 aliphatic heterocycles. The quantitative estimate of drug-likeness (QED) is 0.812. The van der Waals surface area contributed by atoms with Gasteiger partial charge in [-0.15, -0.1) is 0 Å². The highest BCUT2D eigenvalue weighted by Crippen LogP contribution is 2.37. The van der Waals surface area contributed by atoms with E-state index in [1.54, 1.807) is 0 Å². The summed E-state index contributed by atoms with van der Waals surface area (Å²) in [5.74, 6) is 0.654. The van der Waals surface area contributed by atoms with Gasteiger partial charge in [0.25, 0.3) is 0 Å². The summed E-state index contributed by atoms with van der Waals surface area (Å²) in [5, 5.41) is 3.81. The Kier molecular flexibility index (Phi) is 4.48. The fraction of sp³-hybridized carbons (Fsp3) is 1.00. The Bertz CT molecular complexity index is 233. The molecule has 100 valence electrons. The number of hydrogen-bond donors (Lipinski definition) is 1. The van der Waals surface area contributed by atoms with E-state index in [0.717, 1.165) is 6.61 Å². The smallest absolute Gasteiger partial charge is 0.0612 e. The Morgan fingerprint density at radius 2 is 2.00 bits per heavy atom. The topological polar surface area (TPSA) is 21.3 Å². The molecule has 2 heteroatoms. The van der Waals surface area contributed by atoms with Crippen molar-refractivity contribution >= 4 is 0 Å². The van der Waals surface area contributed by atoms with Crippen LogP contribution >= 0.6 is 0 Å². The van der Waals surface area contributed by atoms with Gasteiger partial charge in [-0.25, -0.2) is 0 Å². The van der Waals surface area contributed by atoms with Gasteiger partial charge in [0.15, 0.2) is 0 Å². The molecule has 2 aliphatic rings. The normalized spacial score (nSPS) is 33.2. The van der Waals surface area contributed by atoms with Crippen LogP contribution in [0, 0.1) is 11.3 Å². The first-order chi connectivity index (χ1) is 8.09. The van der Waals surface area contributed by atoms with Crippen LogP contribution in [0.5, 0.6) is 0 Å². The van der Waals surface area contributed by atoms with E-state index >= 15 is 0 Å². The van der Waals surface area contributed by atoms with Crippen molar-refractivity contribution in [3.63, 3.8) is 0 Å². The Hall–Kier alpha value is -0.0800. The molecule has 1 saturated heterocycles. The average Bonchev–Trinajstić information content (AvgIpc) is 2.75. The van der Waals surface area contributed by atoms with Crippen LogP contribution in [0.1, 0.15) is 59.3 Å². The van der Waals surface area contributed by atoms with Crippen molar-refractivity contribution in [2.24, 2.45) is 11.3 Å². The van der Waals surface area contributed by atoms with E-state index in [1.807, 2.05) is 0 Å². The summed E-state index contributed by atoms with van der Waals surface area (Å²) < 4.78 is 5.83. The molecule has 17 heavy (non-hydrogen) atoms. The first kappa shape index (κ1) is 13.4. The van der Waals surface area contributed by atoms with Gasteiger partial charge in [0.1, 0.15) is 0 Å². The molecule has 2 atom stereocenters. The molecule has 1 aliphatic carbocycles. The minimum absolute atomic E-state index is 0.470. The zero-order chi connectivity index (χ0) is 12.3. The largest absolute Gasteiger partial charge is 0.378 e. The van der Waals surface area contributed by atoms with Gasteiger partial charge in [-0.05, 0) is 37.0 Å². The maximum Gasteiger partial charge on any atom is 0.0612 e. The minimum Gasteiger partial charge on any atom is -0.378 e. The van der Waals surface area contributed by atoms with Crippen LogP contribution in [0.25, 0.3) is 0 Å². The Morgan fingerprint density at radius 3 is 2.65 bits per heavy atom. The Labute approximate surface area is 107 Å². The van der Waals surface area contributed by atoms with Crippen molar-refractivity contribution in [3.05, 3.63) is 0 Å². The maximum atomic E-state index is 5.83. The van der Waals surface area contributed by atoms with E-state index in [4.69, 9.17) is 4.74 Å². The number of ether oxygens (including phenoxy) is 1. The Morgan fingerprint density at radius 1 is 1.29 bits per heavy atom. The summed E-state index contributed by atoms with van der Waals surface area (Å²) >= 11 is 0. The van der Waals surface area contributed by atoms with Gasteiger partial charge in [-0.1, -0.05) is 33.6 Å². The van der Waals surface area contributed by atoms with Crippen molar-refractivity contribution in [2.45, 2.75) is 71.4 Å². The molecule has 2 rings (SSSR count). The summed E-state index contributed by atoms with van der Waals surface area (Å²) in [5.41, 5.74) is 0.575. The third-order valence-corrected chi connectivity index (χ3v) is 4.69. The first-order valence-corrected chi connectivity index (χ1v) is 7.44. The summed E-state index contributed by atoms with van der Waals surface area (Å²) in [4.78, 5) is 0. The van der Waals surface area contributed by atoms with Crippen molar-refractivity contribution in [2.75, 3.05) is 13.2 Å². The van der Waals surface area contributed by atoms with Crippen LogP contribution in [0.2, 0.25) is 0 Å². The third-order valence-electron chi connectivity index (χ3n) is 4.69. The lowest BCUT2D eigenvalue weighted by molar-refractivity contribution is -0.0255. The van der Waals surface area contributed by atoms with Crippen LogP contribution in [0.4, 0.5) is 0 Å². The zero-order valence-corrected chi connectivity index (χ0v) is 11.8. The van der Waals surface area contributed by atoms with Crippen LogP contribution < -0.4 is 5.32 Å². The number of hydrogen-bond acceptors (Lipinski definition) is 2. The molecule has 2 nitrogen and oxygen atoms in total. The van der Waals surface area contributed by atoms with Gasteiger partial charge < -0.3 is 10.1 Å². The van der Waals surface area contributed by atoms with Gasteiger partial charge in [0.2, 0.25) is 0 Å². The first-order valence-electron chi connectivity index (χ1n) is 7.44. The van der Waals surface area contributed by atoms with Gasteiger partial charge in [-0.3, -0.25) is 0 Å². The van der Waals surface area contributed by atoms with Gasteiger partial charge >= 0.3 is 0 Å². The Balaban J connectivity index is 1.75. The molecular formula is C15H29NO. The van der Waals surface area contributed by atoms with Crippen molar-refractivity contribution in [1.82, 2.24) is 5.32 Å². The van der Waals surface area contributed by atoms with Crippen molar-refractivity contribution in [1.29, 1.82) is 0 Å². The third kappa shape index (κ3) is 3.69. The predicted octanol–water partition coefficient (Wildman–Crippen LogP) is 3.36. The van der Waals surface area contributed by atoms with E-state index in [-0.39, 0.29) is 0 Å². The number of nitrogens with one attached hydrogen (secondary N) is 1. The molecule has 0 aromatic rings. The van der Waals surface area contributed by atoms with E-state index in [2.05, 4.69) is 26.1 Å². The highest BCUT2D eigenvalue weighted by molar-refractivity contribution is 4.86. The molecule has 2 unspecified atom stereocenters. The van der Waals surface area contributed by atoms with Gasteiger partial charge in [0, 0.05) is 19.2 Å². The lowest BCUT2D eigenvalue weighted by Crippen LogP contribution is -2.44. The molecule has 2 fully saturated rings. The standard InChI is InChI=1S/C15H29NO/c1-12(2)14-10-13(6-9-17-14)16-11-15(3)7-4-5-8-15/h12-14,16H,4-11H2,1-3H3. The molecule has 1 N–H and O–H groups in total. The van der Waals surface area contributed by atoms with E-state index < -0.39 is 0 Å². The zero-order valence-electron chi connectivity index (χ0n) is 11.8. The molecular weight excluding hydrogens is 210 g/mol. The fourth-order valence-electron chi connectivity index (χ4n) is 3.27. The number of rotatable bonds is 4. The van der Waals surface area contributed by atoms with E-state index in [1.165, 1.54) is 45.1 Å². The lowest BCUT2D eigenvalue weighted by atomic mass is 9.87. The molecule has 0 bridgehead atoms. The van der Waals surface area contributed by atoms with Gasteiger partial charge in [-0.2, -0.15) is 0 Å². The van der Waals surface area contributed by atoms with Crippen LogP contribution in [-0.4, -0.2) is 25.3 Å². The molecule has 1 saturated carbocycles. The molecule has 0 radical (unpaired) electrons. The second-order valence-corrected chi connectivity index (χ2v) is 6.77. The second-order valence-electron chi connectivity index (χ2n) is 6.77. The summed E-state index contributed by atoms with van der Waals surface area (Å²) in [6, 6.07) is 0.688. The lowest BCUT2D eigenvalue weighted by Gasteiger charge is -2.35. The predicted molar refractivity (Wildman–Crippen MR) is 72.2 cm³/mol. The monoisotopic (exact) mass is 239 g/mol. The molecule has 1 heterocycles. The summed E-state index contributed by atoms with van der Waals surface area (Å²) in [6.07, 6.45) is 8.56. The fourth-order valence-corrected chi connectivity index (χ4v) is 3.27. The summed E-state index contributed by atoms with van der Waals surface area (Å²) in [6.45, 7) is 9.14. The minimum atomic E-state index is 0.470. The molecule has 0 spiro atoms. The van der Waals surface area contributed by atoms with Gasteiger partial charge in [0.05, 0.1) is 6.10 Å². The second kappa shape index (κ2) is 5.71. The molecule has 0 amide bonds. The SMILES string of the molecule is CC(C)C1CC(NCC2(C)CCCC2)CCO1. The highest BCUT2D eigenvalue weighted by atomic mass is 16.5. The summed E-state index contributed by atoms with van der Waals surface area (Å²) in [7, 11) is 0. The van der Waals surface area contributed by atoms with Crippen LogP contribution in [0.15, 0.2) is 0 Å². The maximum absolute atomic E-state index is 5.83. The van der Waals surface area contributed by atoms with E-state index in [0.29, 0.717) is 23.5 Å². The van der Waals surface area contributed by atoms with E-state index in [9.17, 15) is 0 Å².